The summed E-state index contributed by atoms with van der Waals surface area (Å²) in [6.07, 6.45) is 1.78. The number of aromatic carboxylic acids is 1. The number of carbonyl (C=O) groups is 2. The van der Waals surface area contributed by atoms with Crippen molar-refractivity contribution < 1.29 is 14.7 Å². The number of piperidine rings is 1. The van der Waals surface area contributed by atoms with Gasteiger partial charge in [0.1, 0.15) is 11.4 Å². The molecule has 2 aromatic rings. The van der Waals surface area contributed by atoms with E-state index in [0.29, 0.717) is 19.0 Å². The Morgan fingerprint density at radius 3 is 2.42 bits per heavy atom. The van der Waals surface area contributed by atoms with Crippen LogP contribution in [0.2, 0.25) is 0 Å². The van der Waals surface area contributed by atoms with Crippen molar-refractivity contribution in [2.75, 3.05) is 13.1 Å². The molecule has 6 heteroatoms. The fourth-order valence-corrected chi connectivity index (χ4v) is 3.43. The number of rotatable bonds is 3. The number of hydrogen-bond acceptors (Lipinski definition) is 3. The first kappa shape index (κ1) is 16.6. The number of carbonyl (C=O) groups excluding carboxylic acids is 1. The van der Waals surface area contributed by atoms with E-state index in [0.717, 1.165) is 17.3 Å². The molecule has 5 nitrogen and oxygen atoms in total. The summed E-state index contributed by atoms with van der Waals surface area (Å²) in [6, 6.07) is 12.8. The van der Waals surface area contributed by atoms with Crippen LogP contribution < -0.4 is 0 Å². The maximum absolute atomic E-state index is 12.5. The second-order valence-corrected chi connectivity index (χ2v) is 6.75. The lowest BCUT2D eigenvalue weighted by molar-refractivity contribution is 0.0688. The second-order valence-electron chi connectivity index (χ2n) is 5.83. The minimum Gasteiger partial charge on any atom is -0.477 e. The summed E-state index contributed by atoms with van der Waals surface area (Å²) in [5.74, 6) is -0.895. The van der Waals surface area contributed by atoms with Gasteiger partial charge in [-0.25, -0.2) is 9.78 Å². The molecule has 0 atom stereocenters. The fourth-order valence-electron chi connectivity index (χ4n) is 3.01. The van der Waals surface area contributed by atoms with E-state index in [1.54, 1.807) is 17.0 Å². The van der Waals surface area contributed by atoms with Crippen LogP contribution in [0.1, 0.15) is 45.3 Å². The number of nitrogens with zero attached hydrogens (tertiary/aromatic N) is 2. The van der Waals surface area contributed by atoms with E-state index in [1.165, 1.54) is 11.6 Å². The highest BCUT2D eigenvalue weighted by molar-refractivity contribution is 9.10. The lowest BCUT2D eigenvalue weighted by Crippen LogP contribution is -2.38. The molecule has 1 amide bonds. The standard InChI is InChI=1S/C18H17BrN2O3/c19-14-4-1-3-13(11-14)12-7-9-21(10-8-12)17(22)15-5-2-6-16(20-15)18(23)24/h1-6,11-12H,7-10H2,(H,23,24). The normalized spacial score (nSPS) is 15.3. The van der Waals surface area contributed by atoms with E-state index in [-0.39, 0.29) is 17.3 Å². The zero-order chi connectivity index (χ0) is 17.1. The molecule has 0 unspecified atom stereocenters. The van der Waals surface area contributed by atoms with Crippen molar-refractivity contribution in [2.45, 2.75) is 18.8 Å². The Kier molecular flexibility index (Phi) is 4.94. The monoisotopic (exact) mass is 388 g/mol. The van der Waals surface area contributed by atoms with Gasteiger partial charge in [-0.2, -0.15) is 0 Å². The summed E-state index contributed by atoms with van der Waals surface area (Å²) in [4.78, 5) is 29.2. The van der Waals surface area contributed by atoms with Crippen molar-refractivity contribution in [3.05, 3.63) is 63.9 Å². The van der Waals surface area contributed by atoms with Gasteiger partial charge in [0, 0.05) is 17.6 Å². The molecule has 3 rings (SSSR count). The quantitative estimate of drug-likeness (QED) is 0.872. The Hall–Kier alpha value is -2.21. The molecule has 1 aliphatic rings. The van der Waals surface area contributed by atoms with Gasteiger partial charge in [-0.1, -0.05) is 34.1 Å². The molecule has 0 saturated carbocycles. The van der Waals surface area contributed by atoms with E-state index in [9.17, 15) is 9.59 Å². The number of benzene rings is 1. The highest BCUT2D eigenvalue weighted by Crippen LogP contribution is 2.30. The van der Waals surface area contributed by atoms with Crippen LogP contribution in [0.15, 0.2) is 46.9 Å². The van der Waals surface area contributed by atoms with Crippen LogP contribution in [-0.4, -0.2) is 40.0 Å². The Labute approximate surface area is 148 Å². The molecule has 1 N–H and O–H groups in total. The topological polar surface area (TPSA) is 70.5 Å². The first-order valence-corrected chi connectivity index (χ1v) is 8.59. The van der Waals surface area contributed by atoms with Gasteiger partial charge in [0.05, 0.1) is 0 Å². The number of carboxylic acids is 1. The molecular formula is C18H17BrN2O3. The van der Waals surface area contributed by atoms with Crippen molar-refractivity contribution >= 4 is 27.8 Å². The zero-order valence-electron chi connectivity index (χ0n) is 13.0. The predicted molar refractivity (Wildman–Crippen MR) is 93.2 cm³/mol. The number of pyridine rings is 1. The minimum atomic E-state index is -1.13. The largest absolute Gasteiger partial charge is 0.477 e. The molecule has 1 aromatic heterocycles. The zero-order valence-corrected chi connectivity index (χ0v) is 14.6. The number of aromatic nitrogens is 1. The first-order chi connectivity index (χ1) is 11.5. The Morgan fingerprint density at radius 1 is 1.08 bits per heavy atom. The second kappa shape index (κ2) is 7.13. The highest BCUT2D eigenvalue weighted by Gasteiger charge is 2.25. The van der Waals surface area contributed by atoms with Crippen LogP contribution in [0.3, 0.4) is 0 Å². The van der Waals surface area contributed by atoms with Crippen molar-refractivity contribution in [1.82, 2.24) is 9.88 Å². The lowest BCUT2D eigenvalue weighted by atomic mass is 9.89. The molecule has 0 radical (unpaired) electrons. The smallest absolute Gasteiger partial charge is 0.354 e. The van der Waals surface area contributed by atoms with Gasteiger partial charge in [0.15, 0.2) is 0 Å². The third-order valence-corrected chi connectivity index (χ3v) is 4.78. The van der Waals surface area contributed by atoms with Crippen LogP contribution in [0.5, 0.6) is 0 Å². The summed E-state index contributed by atoms with van der Waals surface area (Å²) in [6.45, 7) is 1.30. The van der Waals surface area contributed by atoms with Crippen LogP contribution >= 0.6 is 15.9 Å². The number of carboxylic acid groups (broad SMARTS) is 1. The van der Waals surface area contributed by atoms with Crippen molar-refractivity contribution in [2.24, 2.45) is 0 Å². The first-order valence-electron chi connectivity index (χ1n) is 7.79. The Balaban J connectivity index is 1.67. The molecule has 1 aromatic carbocycles. The van der Waals surface area contributed by atoms with Crippen molar-refractivity contribution in [3.63, 3.8) is 0 Å². The third kappa shape index (κ3) is 3.64. The molecular weight excluding hydrogens is 372 g/mol. The average molecular weight is 389 g/mol. The lowest BCUT2D eigenvalue weighted by Gasteiger charge is -2.32. The van der Waals surface area contributed by atoms with E-state index < -0.39 is 5.97 Å². The van der Waals surface area contributed by atoms with Gasteiger partial charge >= 0.3 is 5.97 Å². The van der Waals surface area contributed by atoms with Gasteiger partial charge in [-0.05, 0) is 48.6 Å². The highest BCUT2D eigenvalue weighted by atomic mass is 79.9. The van der Waals surface area contributed by atoms with E-state index >= 15 is 0 Å². The van der Waals surface area contributed by atoms with E-state index in [4.69, 9.17) is 5.11 Å². The molecule has 0 aliphatic carbocycles. The number of halogens is 1. The SMILES string of the molecule is O=C(O)c1cccc(C(=O)N2CCC(c3cccc(Br)c3)CC2)n1. The number of likely N-dealkylation sites (tertiary alicyclic amines) is 1. The van der Waals surface area contributed by atoms with Gasteiger partial charge in [-0.3, -0.25) is 4.79 Å². The molecule has 1 saturated heterocycles. The molecule has 1 aliphatic heterocycles. The molecule has 0 spiro atoms. The summed E-state index contributed by atoms with van der Waals surface area (Å²) >= 11 is 3.49. The summed E-state index contributed by atoms with van der Waals surface area (Å²) < 4.78 is 1.06. The fraction of sp³-hybridized carbons (Fsp3) is 0.278. The third-order valence-electron chi connectivity index (χ3n) is 4.29. The maximum Gasteiger partial charge on any atom is 0.354 e. The van der Waals surface area contributed by atoms with Gasteiger partial charge in [-0.15, -0.1) is 0 Å². The minimum absolute atomic E-state index is 0.107. The molecule has 2 heterocycles. The Morgan fingerprint density at radius 2 is 1.75 bits per heavy atom. The number of hydrogen-bond donors (Lipinski definition) is 1. The average Bonchev–Trinajstić information content (AvgIpc) is 2.61. The predicted octanol–water partition coefficient (Wildman–Crippen LogP) is 3.56. The Bertz CT molecular complexity index is 770. The van der Waals surface area contributed by atoms with E-state index in [1.807, 2.05) is 12.1 Å². The van der Waals surface area contributed by atoms with Crippen molar-refractivity contribution in [3.8, 4) is 0 Å². The van der Waals surface area contributed by atoms with Crippen LogP contribution in [-0.2, 0) is 0 Å². The summed E-state index contributed by atoms with van der Waals surface area (Å²) in [5, 5.41) is 8.99. The van der Waals surface area contributed by atoms with Crippen LogP contribution in [0.25, 0.3) is 0 Å². The van der Waals surface area contributed by atoms with Gasteiger partial charge < -0.3 is 10.0 Å². The molecule has 124 valence electrons. The van der Waals surface area contributed by atoms with E-state index in [2.05, 4.69) is 33.0 Å². The summed E-state index contributed by atoms with van der Waals surface area (Å²) in [5.41, 5.74) is 1.36. The van der Waals surface area contributed by atoms with Gasteiger partial charge in [0.2, 0.25) is 0 Å². The number of amides is 1. The molecule has 1 fully saturated rings. The maximum atomic E-state index is 12.5. The molecule has 0 bridgehead atoms. The van der Waals surface area contributed by atoms with Crippen molar-refractivity contribution in [1.29, 1.82) is 0 Å². The van der Waals surface area contributed by atoms with Crippen LogP contribution in [0.4, 0.5) is 0 Å². The molecule has 24 heavy (non-hydrogen) atoms. The summed E-state index contributed by atoms with van der Waals surface area (Å²) in [7, 11) is 0. The van der Waals surface area contributed by atoms with Crippen LogP contribution in [0, 0.1) is 0 Å². The van der Waals surface area contributed by atoms with Gasteiger partial charge in [0.25, 0.3) is 5.91 Å².